The first-order valence-electron chi connectivity index (χ1n) is 9.97. The van der Waals surface area contributed by atoms with Crippen LogP contribution in [0.5, 0.6) is 11.5 Å². The predicted molar refractivity (Wildman–Crippen MR) is 106 cm³/mol. The van der Waals surface area contributed by atoms with Crippen LogP contribution in [0, 0.1) is 17.6 Å². The van der Waals surface area contributed by atoms with Crippen molar-refractivity contribution in [1.29, 1.82) is 0 Å². The minimum atomic E-state index is -1.22. The first-order chi connectivity index (χ1) is 13.9. The van der Waals surface area contributed by atoms with E-state index in [1.54, 1.807) is 18.2 Å². The molecule has 4 nitrogen and oxygen atoms in total. The highest BCUT2D eigenvalue weighted by Gasteiger charge is 2.28. The largest absolute Gasteiger partial charge is 0.497 e. The molecule has 1 unspecified atom stereocenters. The summed E-state index contributed by atoms with van der Waals surface area (Å²) in [5.74, 6) is -2.54. The summed E-state index contributed by atoms with van der Waals surface area (Å²) in [7, 11) is 1.54. The first-order valence-corrected chi connectivity index (χ1v) is 9.97. The van der Waals surface area contributed by atoms with Crippen LogP contribution in [0.4, 0.5) is 8.78 Å². The molecule has 1 aliphatic rings. The molecule has 0 spiro atoms. The van der Waals surface area contributed by atoms with Crippen molar-refractivity contribution in [2.45, 2.75) is 44.9 Å². The van der Waals surface area contributed by atoms with Crippen molar-refractivity contribution in [2.24, 2.45) is 5.92 Å². The summed E-state index contributed by atoms with van der Waals surface area (Å²) in [6.45, 7) is 2.45. The molecule has 2 aromatic carbocycles. The zero-order valence-electron chi connectivity index (χ0n) is 16.7. The van der Waals surface area contributed by atoms with Gasteiger partial charge >= 0.3 is 5.97 Å². The number of benzene rings is 2. The number of carboxylic acid groups (broad SMARTS) is 1. The lowest BCUT2D eigenvalue weighted by molar-refractivity contribution is -0.139. The number of ether oxygens (including phenoxy) is 2. The van der Waals surface area contributed by atoms with Crippen LogP contribution in [0.1, 0.15) is 50.5 Å². The van der Waals surface area contributed by atoms with E-state index >= 15 is 0 Å². The number of carboxylic acids is 1. The number of rotatable bonds is 10. The van der Waals surface area contributed by atoms with Crippen LogP contribution in [-0.2, 0) is 4.79 Å². The lowest BCUT2D eigenvalue weighted by atomic mass is 9.90. The minimum absolute atomic E-state index is 0.192. The second-order valence-electron chi connectivity index (χ2n) is 7.50. The highest BCUT2D eigenvalue weighted by molar-refractivity contribution is 5.78. The third-order valence-corrected chi connectivity index (χ3v) is 5.24. The van der Waals surface area contributed by atoms with Gasteiger partial charge in [0.05, 0.1) is 19.6 Å². The number of hydrogen-bond donors (Lipinski definition) is 1. The topological polar surface area (TPSA) is 55.8 Å². The highest BCUT2D eigenvalue weighted by Crippen LogP contribution is 2.38. The molecule has 0 saturated heterocycles. The van der Waals surface area contributed by atoms with E-state index < -0.39 is 23.5 Å². The Balaban J connectivity index is 1.98. The van der Waals surface area contributed by atoms with E-state index in [0.29, 0.717) is 41.6 Å². The normalized spacial score (nSPS) is 14.5. The molecule has 0 heterocycles. The van der Waals surface area contributed by atoms with E-state index in [2.05, 4.69) is 0 Å². The van der Waals surface area contributed by atoms with Gasteiger partial charge in [-0.2, -0.15) is 0 Å². The Labute approximate surface area is 169 Å². The molecule has 3 rings (SSSR count). The van der Waals surface area contributed by atoms with E-state index in [1.165, 1.54) is 19.2 Å². The Morgan fingerprint density at radius 1 is 1.21 bits per heavy atom. The maximum Gasteiger partial charge on any atom is 0.311 e. The molecule has 1 fully saturated rings. The number of carbonyl (C=O) groups is 1. The summed E-state index contributed by atoms with van der Waals surface area (Å²) in [6, 6.07) is 7.46. The quantitative estimate of drug-likeness (QED) is 0.545. The zero-order valence-corrected chi connectivity index (χ0v) is 16.7. The molecule has 0 aliphatic heterocycles. The lowest BCUT2D eigenvalue weighted by Crippen LogP contribution is -2.15. The van der Waals surface area contributed by atoms with Crippen LogP contribution in [0.3, 0.4) is 0 Å². The fourth-order valence-electron chi connectivity index (χ4n) is 3.35. The maximum atomic E-state index is 14.9. The van der Waals surface area contributed by atoms with Gasteiger partial charge in [-0.05, 0) is 55.0 Å². The molecule has 1 aliphatic carbocycles. The molecule has 1 N–H and O–H groups in total. The first kappa shape index (κ1) is 21.1. The van der Waals surface area contributed by atoms with E-state index in [1.807, 2.05) is 6.92 Å². The van der Waals surface area contributed by atoms with Crippen LogP contribution in [-0.4, -0.2) is 24.8 Å². The average molecular weight is 404 g/mol. The van der Waals surface area contributed by atoms with Gasteiger partial charge in [-0.25, -0.2) is 8.78 Å². The zero-order chi connectivity index (χ0) is 21.0. The third-order valence-electron chi connectivity index (χ3n) is 5.24. The summed E-state index contributed by atoms with van der Waals surface area (Å²) >= 11 is 0. The van der Waals surface area contributed by atoms with Crippen molar-refractivity contribution >= 4 is 5.97 Å². The van der Waals surface area contributed by atoms with E-state index in [4.69, 9.17) is 9.47 Å². The van der Waals surface area contributed by atoms with Gasteiger partial charge in [0.25, 0.3) is 0 Å². The van der Waals surface area contributed by atoms with Gasteiger partial charge in [0, 0.05) is 17.2 Å². The summed E-state index contributed by atoms with van der Waals surface area (Å²) in [5.41, 5.74) is 0.455. The Kier molecular flexibility index (Phi) is 6.72. The summed E-state index contributed by atoms with van der Waals surface area (Å²) in [6.07, 6.45) is 3.75. The van der Waals surface area contributed by atoms with Crippen LogP contribution in [0.15, 0.2) is 30.3 Å². The maximum absolute atomic E-state index is 14.9. The van der Waals surface area contributed by atoms with Crippen molar-refractivity contribution < 1.29 is 28.2 Å². The van der Waals surface area contributed by atoms with Crippen molar-refractivity contribution in [3.05, 3.63) is 47.5 Å². The van der Waals surface area contributed by atoms with Gasteiger partial charge in [-0.3, -0.25) is 4.79 Å². The van der Waals surface area contributed by atoms with E-state index in [0.717, 1.165) is 19.3 Å². The number of halogens is 2. The van der Waals surface area contributed by atoms with Crippen LogP contribution in [0.2, 0.25) is 0 Å². The fraction of sp³-hybridized carbons (Fsp3) is 0.435. The van der Waals surface area contributed by atoms with Gasteiger partial charge in [-0.1, -0.05) is 19.8 Å². The predicted octanol–water partition coefficient (Wildman–Crippen LogP) is 5.79. The standard InChI is InChI=1S/C23H26F2O4/c1-3-4-5-18(23(26)27)22-19(24)10-15(11-20(22)25)17-9-8-16(28-2)12-21(17)29-13-14-6-7-14/h8-12,14,18H,3-7,13H2,1-2H3,(H,26,27). The van der Waals surface area contributed by atoms with Gasteiger partial charge in [0.15, 0.2) is 0 Å². The number of hydrogen-bond acceptors (Lipinski definition) is 3. The average Bonchev–Trinajstić information content (AvgIpc) is 3.52. The molecular weight excluding hydrogens is 378 g/mol. The molecule has 1 atom stereocenters. The minimum Gasteiger partial charge on any atom is -0.497 e. The highest BCUT2D eigenvalue weighted by atomic mass is 19.1. The van der Waals surface area contributed by atoms with Crippen LogP contribution < -0.4 is 9.47 Å². The Morgan fingerprint density at radius 2 is 1.90 bits per heavy atom. The van der Waals surface area contributed by atoms with Gasteiger partial charge in [-0.15, -0.1) is 0 Å². The molecule has 0 amide bonds. The Hall–Kier alpha value is -2.63. The van der Waals surface area contributed by atoms with Crippen molar-refractivity contribution in [3.8, 4) is 22.6 Å². The molecule has 29 heavy (non-hydrogen) atoms. The molecular formula is C23H26F2O4. The Morgan fingerprint density at radius 3 is 2.45 bits per heavy atom. The van der Waals surface area contributed by atoms with Gasteiger partial charge < -0.3 is 14.6 Å². The molecule has 0 bridgehead atoms. The fourth-order valence-corrected chi connectivity index (χ4v) is 3.35. The molecule has 156 valence electrons. The number of unbranched alkanes of at least 4 members (excludes halogenated alkanes) is 1. The van der Waals surface area contributed by atoms with Crippen molar-refractivity contribution in [1.82, 2.24) is 0 Å². The van der Waals surface area contributed by atoms with E-state index in [-0.39, 0.29) is 12.0 Å². The smallest absolute Gasteiger partial charge is 0.311 e. The van der Waals surface area contributed by atoms with Crippen molar-refractivity contribution in [2.75, 3.05) is 13.7 Å². The molecule has 1 saturated carbocycles. The SMILES string of the molecule is CCCCC(C(=O)O)c1c(F)cc(-c2ccc(OC)cc2OCC2CC2)cc1F. The molecule has 6 heteroatoms. The van der Waals surface area contributed by atoms with Crippen molar-refractivity contribution in [3.63, 3.8) is 0 Å². The number of methoxy groups -OCH3 is 1. The summed E-state index contributed by atoms with van der Waals surface area (Å²) < 4.78 is 40.9. The molecule has 0 radical (unpaired) electrons. The van der Waals surface area contributed by atoms with Crippen LogP contribution >= 0.6 is 0 Å². The van der Waals surface area contributed by atoms with Gasteiger partial charge in [0.1, 0.15) is 23.1 Å². The molecule has 2 aromatic rings. The Bertz CT molecular complexity index is 854. The molecule has 0 aromatic heterocycles. The summed E-state index contributed by atoms with van der Waals surface area (Å²) in [5, 5.41) is 9.45. The van der Waals surface area contributed by atoms with E-state index in [9.17, 15) is 18.7 Å². The monoisotopic (exact) mass is 404 g/mol. The second kappa shape index (κ2) is 9.25. The number of aliphatic carboxylic acids is 1. The third kappa shape index (κ3) is 5.05. The van der Waals surface area contributed by atoms with Gasteiger partial charge in [0.2, 0.25) is 0 Å². The lowest BCUT2D eigenvalue weighted by Gasteiger charge is -2.17. The summed E-state index contributed by atoms with van der Waals surface area (Å²) in [4.78, 5) is 11.6. The van der Waals surface area contributed by atoms with Crippen LogP contribution in [0.25, 0.3) is 11.1 Å². The second-order valence-corrected chi connectivity index (χ2v) is 7.50.